The molecule has 1 aliphatic rings. The fraction of sp³-hybridized carbons (Fsp3) is 0.909. The van der Waals surface area contributed by atoms with E-state index in [1.54, 1.807) is 0 Å². The van der Waals surface area contributed by atoms with Gasteiger partial charge in [0.15, 0.2) is 0 Å². The molecule has 0 spiro atoms. The van der Waals surface area contributed by atoms with Gasteiger partial charge in [-0.1, -0.05) is 20.8 Å². The van der Waals surface area contributed by atoms with Crippen molar-refractivity contribution in [2.24, 2.45) is 11.1 Å². The zero-order valence-corrected chi connectivity index (χ0v) is 9.95. The predicted octanol–water partition coefficient (Wildman–Crippen LogP) is 1.30. The average molecular weight is 214 g/mol. The average Bonchev–Trinajstić information content (AvgIpc) is 2.50. The summed E-state index contributed by atoms with van der Waals surface area (Å²) >= 11 is 0. The quantitative estimate of drug-likeness (QED) is 0.770. The lowest BCUT2D eigenvalue weighted by Crippen LogP contribution is -2.35. The maximum absolute atomic E-state index is 11.7. The molecule has 0 aromatic heterocycles. The molecule has 0 saturated carbocycles. The summed E-state index contributed by atoms with van der Waals surface area (Å²) in [7, 11) is 0. The van der Waals surface area contributed by atoms with Gasteiger partial charge < -0.3 is 5.73 Å². The molecular formula is C11H22N2O2. The number of hydroxylamine groups is 2. The summed E-state index contributed by atoms with van der Waals surface area (Å²) in [5.74, 6) is 0.0178. The first-order valence-electron chi connectivity index (χ1n) is 5.57. The van der Waals surface area contributed by atoms with Crippen LogP contribution in [0, 0.1) is 5.41 Å². The molecule has 0 aromatic rings. The van der Waals surface area contributed by atoms with Crippen molar-refractivity contribution in [3.05, 3.63) is 0 Å². The van der Waals surface area contributed by atoms with Crippen LogP contribution in [0.1, 0.15) is 40.0 Å². The zero-order valence-electron chi connectivity index (χ0n) is 9.95. The van der Waals surface area contributed by atoms with Crippen molar-refractivity contribution in [3.63, 3.8) is 0 Å². The molecule has 1 heterocycles. The van der Waals surface area contributed by atoms with E-state index in [0.717, 1.165) is 12.8 Å². The van der Waals surface area contributed by atoms with Gasteiger partial charge >= 0.3 is 0 Å². The van der Waals surface area contributed by atoms with Gasteiger partial charge in [0.05, 0.1) is 13.2 Å². The van der Waals surface area contributed by atoms with E-state index in [1.165, 1.54) is 5.06 Å². The van der Waals surface area contributed by atoms with Crippen LogP contribution in [0.2, 0.25) is 0 Å². The minimum absolute atomic E-state index is 0.0178. The van der Waals surface area contributed by atoms with E-state index in [1.807, 2.05) is 0 Å². The van der Waals surface area contributed by atoms with Crippen LogP contribution < -0.4 is 5.73 Å². The van der Waals surface area contributed by atoms with Crippen LogP contribution in [0.15, 0.2) is 0 Å². The molecule has 1 aliphatic heterocycles. The van der Waals surface area contributed by atoms with E-state index >= 15 is 0 Å². The van der Waals surface area contributed by atoms with Crippen LogP contribution in [0.4, 0.5) is 0 Å². The molecule has 1 saturated heterocycles. The van der Waals surface area contributed by atoms with Crippen molar-refractivity contribution in [3.8, 4) is 0 Å². The molecule has 0 radical (unpaired) electrons. The molecule has 4 nitrogen and oxygen atoms in total. The molecule has 0 bridgehead atoms. The van der Waals surface area contributed by atoms with Gasteiger partial charge in [0.2, 0.25) is 5.91 Å². The summed E-state index contributed by atoms with van der Waals surface area (Å²) in [6.07, 6.45) is 2.17. The molecule has 1 unspecified atom stereocenters. The van der Waals surface area contributed by atoms with Crippen LogP contribution in [-0.2, 0) is 9.63 Å². The highest BCUT2D eigenvalue weighted by Crippen LogP contribution is 2.21. The maximum atomic E-state index is 11.7. The first kappa shape index (κ1) is 12.5. The molecule has 88 valence electrons. The van der Waals surface area contributed by atoms with Crippen molar-refractivity contribution >= 4 is 5.91 Å². The van der Waals surface area contributed by atoms with Gasteiger partial charge in [0.25, 0.3) is 0 Å². The molecule has 2 N–H and O–H groups in total. The van der Waals surface area contributed by atoms with Gasteiger partial charge in [-0.2, -0.15) is 0 Å². The van der Waals surface area contributed by atoms with Crippen molar-refractivity contribution in [1.29, 1.82) is 0 Å². The van der Waals surface area contributed by atoms with Crippen LogP contribution in [-0.4, -0.2) is 30.2 Å². The van der Waals surface area contributed by atoms with Gasteiger partial charge in [-0.15, -0.1) is 0 Å². The van der Waals surface area contributed by atoms with E-state index in [4.69, 9.17) is 10.6 Å². The summed E-state index contributed by atoms with van der Waals surface area (Å²) in [6.45, 7) is 7.75. The summed E-state index contributed by atoms with van der Waals surface area (Å²) in [5.41, 5.74) is 6.10. The Labute approximate surface area is 91.7 Å². The number of hydrogen-bond donors (Lipinski definition) is 1. The SMILES string of the molecule is CC(C)(C)CC(N)CC(=O)N1CCCO1. The molecule has 1 atom stereocenters. The van der Waals surface area contributed by atoms with Crippen LogP contribution in [0.3, 0.4) is 0 Å². The highest BCUT2D eigenvalue weighted by atomic mass is 16.7. The molecule has 15 heavy (non-hydrogen) atoms. The lowest BCUT2D eigenvalue weighted by atomic mass is 9.87. The topological polar surface area (TPSA) is 55.6 Å². The Bertz CT molecular complexity index is 217. The fourth-order valence-corrected chi connectivity index (χ4v) is 1.83. The minimum Gasteiger partial charge on any atom is -0.327 e. The number of rotatable bonds is 3. The first-order chi connectivity index (χ1) is 6.88. The monoisotopic (exact) mass is 214 g/mol. The number of hydrogen-bond acceptors (Lipinski definition) is 3. The van der Waals surface area contributed by atoms with E-state index in [9.17, 15) is 4.79 Å². The Morgan fingerprint density at radius 2 is 2.20 bits per heavy atom. The molecule has 0 aliphatic carbocycles. The normalized spacial score (nSPS) is 19.3. The number of nitrogens with two attached hydrogens (primary N) is 1. The lowest BCUT2D eigenvalue weighted by molar-refractivity contribution is -0.169. The third-order valence-corrected chi connectivity index (χ3v) is 2.34. The predicted molar refractivity (Wildman–Crippen MR) is 58.9 cm³/mol. The van der Waals surface area contributed by atoms with E-state index < -0.39 is 0 Å². The summed E-state index contributed by atoms with van der Waals surface area (Å²) in [6, 6.07) is -0.0679. The largest absolute Gasteiger partial charge is 0.327 e. The van der Waals surface area contributed by atoms with Crippen LogP contribution in [0.25, 0.3) is 0 Å². The molecule has 1 fully saturated rings. The summed E-state index contributed by atoms with van der Waals surface area (Å²) in [4.78, 5) is 16.8. The fourth-order valence-electron chi connectivity index (χ4n) is 1.83. The third-order valence-electron chi connectivity index (χ3n) is 2.34. The van der Waals surface area contributed by atoms with Gasteiger partial charge in [-0.05, 0) is 18.3 Å². The number of amides is 1. The Balaban J connectivity index is 2.30. The van der Waals surface area contributed by atoms with Gasteiger partial charge in [-0.3, -0.25) is 9.63 Å². The van der Waals surface area contributed by atoms with Crippen molar-refractivity contribution in [1.82, 2.24) is 5.06 Å². The van der Waals surface area contributed by atoms with E-state index in [2.05, 4.69) is 20.8 Å². The van der Waals surface area contributed by atoms with Crippen molar-refractivity contribution < 1.29 is 9.63 Å². The number of carbonyl (C=O) groups excluding carboxylic acids is 1. The number of nitrogens with zero attached hydrogens (tertiary/aromatic N) is 1. The Hall–Kier alpha value is -0.610. The Kier molecular flexibility index (Phi) is 4.11. The zero-order chi connectivity index (χ0) is 11.5. The Morgan fingerprint density at radius 3 is 2.67 bits per heavy atom. The Morgan fingerprint density at radius 1 is 1.53 bits per heavy atom. The van der Waals surface area contributed by atoms with E-state index in [0.29, 0.717) is 19.6 Å². The van der Waals surface area contributed by atoms with Crippen LogP contribution in [0.5, 0.6) is 0 Å². The highest BCUT2D eigenvalue weighted by Gasteiger charge is 2.23. The lowest BCUT2D eigenvalue weighted by Gasteiger charge is -2.24. The van der Waals surface area contributed by atoms with Gasteiger partial charge in [0.1, 0.15) is 0 Å². The minimum atomic E-state index is -0.0679. The van der Waals surface area contributed by atoms with Gasteiger partial charge in [-0.25, -0.2) is 5.06 Å². The molecule has 1 amide bonds. The summed E-state index contributed by atoms with van der Waals surface area (Å²) < 4.78 is 0. The smallest absolute Gasteiger partial charge is 0.247 e. The maximum Gasteiger partial charge on any atom is 0.247 e. The summed E-state index contributed by atoms with van der Waals surface area (Å²) in [5, 5.41) is 1.45. The molecular weight excluding hydrogens is 192 g/mol. The van der Waals surface area contributed by atoms with E-state index in [-0.39, 0.29) is 17.4 Å². The second-order valence-electron chi connectivity index (χ2n) is 5.41. The molecule has 0 aromatic carbocycles. The molecule has 1 rings (SSSR count). The van der Waals surface area contributed by atoms with Crippen molar-refractivity contribution in [2.45, 2.75) is 46.1 Å². The number of carbonyl (C=O) groups is 1. The van der Waals surface area contributed by atoms with Gasteiger partial charge in [0, 0.05) is 12.5 Å². The van der Waals surface area contributed by atoms with Crippen molar-refractivity contribution in [2.75, 3.05) is 13.2 Å². The molecule has 4 heteroatoms. The second-order valence-corrected chi connectivity index (χ2v) is 5.41. The standard InChI is InChI=1S/C11H22N2O2/c1-11(2,3)8-9(12)7-10(14)13-5-4-6-15-13/h9H,4-8,12H2,1-3H3. The first-order valence-corrected chi connectivity index (χ1v) is 5.57. The highest BCUT2D eigenvalue weighted by molar-refractivity contribution is 5.75. The third kappa shape index (κ3) is 4.62. The van der Waals surface area contributed by atoms with Crippen LogP contribution >= 0.6 is 0 Å². The second kappa shape index (κ2) is 4.94.